The van der Waals surface area contributed by atoms with E-state index in [1.54, 1.807) is 51.2 Å². The Morgan fingerprint density at radius 1 is 0.949 bits per heavy atom. The number of pyridine rings is 1. The molecular formula is C29H30F3N3O4. The highest BCUT2D eigenvalue weighted by Crippen LogP contribution is 2.37. The number of aryl methyl sites for hydroxylation is 2. The third kappa shape index (κ3) is 7.89. The van der Waals surface area contributed by atoms with Crippen LogP contribution < -0.4 is 10.6 Å². The fourth-order valence-electron chi connectivity index (χ4n) is 3.92. The highest BCUT2D eigenvalue weighted by Gasteiger charge is 2.34. The quantitative estimate of drug-likeness (QED) is 0.244. The SMILES string of the molecule is CCc1ncccc1-c1cccc(C(=O)CC(=O)Nc2cc(C(F)(F)F)c(C)cc2NC(=O)OC(C)(C)C)c1. The number of hydrogen-bond donors (Lipinski definition) is 2. The number of benzene rings is 2. The molecule has 10 heteroatoms. The predicted octanol–water partition coefficient (Wildman–Crippen LogP) is 7.20. The van der Waals surface area contributed by atoms with Crippen molar-refractivity contribution in [1.29, 1.82) is 0 Å². The third-order valence-electron chi connectivity index (χ3n) is 5.62. The van der Waals surface area contributed by atoms with Crippen molar-refractivity contribution in [1.82, 2.24) is 4.98 Å². The monoisotopic (exact) mass is 541 g/mol. The summed E-state index contributed by atoms with van der Waals surface area (Å²) in [6, 6.07) is 12.2. The molecule has 206 valence electrons. The number of Topliss-reactive ketones (excluding diaryl/α,β-unsaturated/α-hetero) is 1. The second kappa shape index (κ2) is 11.7. The van der Waals surface area contributed by atoms with E-state index in [1.807, 2.05) is 19.1 Å². The van der Waals surface area contributed by atoms with E-state index < -0.39 is 41.5 Å². The summed E-state index contributed by atoms with van der Waals surface area (Å²) in [5.74, 6) is -1.37. The number of halogens is 3. The van der Waals surface area contributed by atoms with Crippen molar-refractivity contribution >= 4 is 29.2 Å². The Labute approximate surface area is 224 Å². The lowest BCUT2D eigenvalue weighted by Gasteiger charge is -2.21. The highest BCUT2D eigenvalue weighted by atomic mass is 19.4. The van der Waals surface area contributed by atoms with Gasteiger partial charge in [-0.15, -0.1) is 0 Å². The number of anilines is 2. The molecule has 0 unspecified atom stereocenters. The van der Waals surface area contributed by atoms with Crippen molar-refractivity contribution < 1.29 is 32.3 Å². The molecule has 7 nitrogen and oxygen atoms in total. The van der Waals surface area contributed by atoms with Crippen LogP contribution in [0.2, 0.25) is 0 Å². The Morgan fingerprint density at radius 3 is 2.28 bits per heavy atom. The molecule has 0 saturated carbocycles. The van der Waals surface area contributed by atoms with Gasteiger partial charge in [-0.2, -0.15) is 13.2 Å². The average molecular weight is 542 g/mol. The van der Waals surface area contributed by atoms with E-state index >= 15 is 0 Å². The standard InChI is InChI=1S/C29H30F3N3O4/c1-6-22-20(11-8-12-33-22)18-9-7-10-19(14-18)25(36)16-26(37)34-24-15-21(29(30,31)32)17(2)13-23(24)35-27(38)39-28(3,4)5/h7-15H,6,16H2,1-5H3,(H,34,37)(H,35,38). The summed E-state index contributed by atoms with van der Waals surface area (Å²) in [4.78, 5) is 42.4. The second-order valence-corrected chi connectivity index (χ2v) is 9.92. The summed E-state index contributed by atoms with van der Waals surface area (Å²) in [7, 11) is 0. The number of rotatable bonds is 7. The first-order chi connectivity index (χ1) is 18.2. The normalized spacial score (nSPS) is 11.6. The molecular weight excluding hydrogens is 511 g/mol. The molecule has 2 amide bonds. The van der Waals surface area contributed by atoms with E-state index in [0.717, 1.165) is 29.0 Å². The van der Waals surface area contributed by atoms with Crippen molar-refractivity contribution in [3.8, 4) is 11.1 Å². The highest BCUT2D eigenvalue weighted by molar-refractivity contribution is 6.12. The van der Waals surface area contributed by atoms with Crippen LogP contribution in [-0.2, 0) is 22.1 Å². The van der Waals surface area contributed by atoms with Crippen molar-refractivity contribution in [2.24, 2.45) is 0 Å². The smallest absolute Gasteiger partial charge is 0.416 e. The fourth-order valence-corrected chi connectivity index (χ4v) is 3.92. The molecule has 1 heterocycles. The maximum atomic E-state index is 13.6. The van der Waals surface area contributed by atoms with Crippen molar-refractivity contribution in [3.05, 3.63) is 77.1 Å². The number of alkyl halides is 3. The predicted molar refractivity (Wildman–Crippen MR) is 143 cm³/mol. The Bertz CT molecular complexity index is 1400. The molecule has 0 saturated heterocycles. The van der Waals surface area contributed by atoms with Gasteiger partial charge in [0.15, 0.2) is 5.78 Å². The number of amides is 2. The molecule has 3 rings (SSSR count). The molecule has 3 aromatic rings. The van der Waals surface area contributed by atoms with Gasteiger partial charge in [0.25, 0.3) is 0 Å². The topological polar surface area (TPSA) is 97.4 Å². The number of ketones is 1. The number of ether oxygens (including phenoxy) is 1. The zero-order chi connectivity index (χ0) is 29.0. The number of nitrogens with zero attached hydrogens (tertiary/aromatic N) is 1. The van der Waals surface area contributed by atoms with Gasteiger partial charge in [0.2, 0.25) is 5.91 Å². The molecule has 1 aromatic heterocycles. The van der Waals surface area contributed by atoms with Crippen LogP contribution >= 0.6 is 0 Å². The summed E-state index contributed by atoms with van der Waals surface area (Å²) in [5.41, 5.74) is 0.304. The Morgan fingerprint density at radius 2 is 1.64 bits per heavy atom. The van der Waals surface area contributed by atoms with E-state index in [-0.39, 0.29) is 22.5 Å². The first-order valence-electron chi connectivity index (χ1n) is 12.3. The number of carbonyl (C=O) groups is 3. The van der Waals surface area contributed by atoms with E-state index in [9.17, 15) is 27.6 Å². The largest absolute Gasteiger partial charge is 0.444 e. The first kappa shape index (κ1) is 29.3. The van der Waals surface area contributed by atoms with Gasteiger partial charge in [-0.25, -0.2) is 4.79 Å². The van der Waals surface area contributed by atoms with Gasteiger partial charge in [0.1, 0.15) is 5.60 Å². The minimum Gasteiger partial charge on any atom is -0.444 e. The maximum absolute atomic E-state index is 13.6. The number of hydrogen-bond acceptors (Lipinski definition) is 5. The van der Waals surface area contributed by atoms with Crippen LogP contribution in [0.5, 0.6) is 0 Å². The molecule has 0 aliphatic rings. The van der Waals surface area contributed by atoms with Gasteiger partial charge < -0.3 is 10.1 Å². The van der Waals surface area contributed by atoms with E-state index in [1.165, 1.54) is 6.92 Å². The van der Waals surface area contributed by atoms with E-state index in [0.29, 0.717) is 6.42 Å². The number of aromatic nitrogens is 1. The van der Waals surface area contributed by atoms with Crippen molar-refractivity contribution in [2.45, 2.75) is 59.2 Å². The summed E-state index contributed by atoms with van der Waals surface area (Å²) in [6.07, 6.45) is -3.87. The first-order valence-corrected chi connectivity index (χ1v) is 12.3. The summed E-state index contributed by atoms with van der Waals surface area (Å²) >= 11 is 0. The van der Waals surface area contributed by atoms with Crippen LogP contribution in [0.3, 0.4) is 0 Å². The van der Waals surface area contributed by atoms with Gasteiger partial charge in [-0.3, -0.25) is 19.9 Å². The van der Waals surface area contributed by atoms with Crippen LogP contribution in [-0.4, -0.2) is 28.4 Å². The summed E-state index contributed by atoms with van der Waals surface area (Å²) in [6.45, 7) is 8.09. The fraction of sp³-hybridized carbons (Fsp3) is 0.310. The van der Waals surface area contributed by atoms with Crippen molar-refractivity contribution in [3.63, 3.8) is 0 Å². The summed E-state index contributed by atoms with van der Waals surface area (Å²) in [5, 5.41) is 4.72. The van der Waals surface area contributed by atoms with E-state index in [4.69, 9.17) is 4.74 Å². The van der Waals surface area contributed by atoms with E-state index in [2.05, 4.69) is 15.6 Å². The van der Waals surface area contributed by atoms with Gasteiger partial charge >= 0.3 is 12.3 Å². The van der Waals surface area contributed by atoms with Gasteiger partial charge in [-0.05, 0) is 69.5 Å². The molecule has 0 bridgehead atoms. The van der Waals surface area contributed by atoms with Crippen LogP contribution in [0.15, 0.2) is 54.7 Å². The van der Waals surface area contributed by atoms with Crippen LogP contribution in [0.1, 0.15) is 61.3 Å². The molecule has 0 atom stereocenters. The Balaban J connectivity index is 1.85. The number of nitrogens with one attached hydrogen (secondary N) is 2. The van der Waals surface area contributed by atoms with Gasteiger partial charge in [-0.1, -0.05) is 31.2 Å². The Hall–Kier alpha value is -4.21. The average Bonchev–Trinajstić information content (AvgIpc) is 2.83. The minimum atomic E-state index is -4.70. The second-order valence-electron chi connectivity index (χ2n) is 9.92. The van der Waals surface area contributed by atoms with Gasteiger partial charge in [0, 0.05) is 23.0 Å². The maximum Gasteiger partial charge on any atom is 0.416 e. The molecule has 39 heavy (non-hydrogen) atoms. The zero-order valence-corrected chi connectivity index (χ0v) is 22.3. The molecule has 2 aromatic carbocycles. The van der Waals surface area contributed by atoms with Crippen molar-refractivity contribution in [2.75, 3.05) is 10.6 Å². The third-order valence-corrected chi connectivity index (χ3v) is 5.62. The van der Waals surface area contributed by atoms with Crippen LogP contribution in [0, 0.1) is 6.92 Å². The molecule has 0 spiro atoms. The zero-order valence-electron chi connectivity index (χ0n) is 22.3. The van der Waals surface area contributed by atoms with Gasteiger partial charge in [0.05, 0.1) is 23.4 Å². The molecule has 0 aliphatic carbocycles. The summed E-state index contributed by atoms with van der Waals surface area (Å²) < 4.78 is 45.9. The molecule has 2 N–H and O–H groups in total. The lowest BCUT2D eigenvalue weighted by Crippen LogP contribution is -2.28. The lowest BCUT2D eigenvalue weighted by molar-refractivity contribution is -0.138. The molecule has 0 radical (unpaired) electrons. The minimum absolute atomic E-state index is 0.0961. The van der Waals surface area contributed by atoms with Crippen LogP contribution in [0.25, 0.3) is 11.1 Å². The molecule has 0 aliphatic heterocycles. The molecule has 0 fully saturated rings. The lowest BCUT2D eigenvalue weighted by atomic mass is 9.98. The Kier molecular flexibility index (Phi) is 8.78. The van der Waals surface area contributed by atoms with Crippen LogP contribution in [0.4, 0.5) is 29.3 Å². The number of carbonyl (C=O) groups excluding carboxylic acids is 3.